The second kappa shape index (κ2) is 9.80. The number of thiophene rings is 3. The topological polar surface area (TPSA) is 21.5 Å². The van der Waals surface area contributed by atoms with Crippen LogP contribution in [0.1, 0.15) is 40.7 Å². The van der Waals surface area contributed by atoms with E-state index in [2.05, 4.69) is 33.7 Å². The Labute approximate surface area is 178 Å². The van der Waals surface area contributed by atoms with Crippen LogP contribution in [0.15, 0.2) is 56.1 Å². The Morgan fingerprint density at radius 1 is 0.852 bits per heavy atom. The Morgan fingerprint density at radius 3 is 1.85 bits per heavy atom. The van der Waals surface area contributed by atoms with Gasteiger partial charge in [0.15, 0.2) is 5.78 Å². The highest BCUT2D eigenvalue weighted by Crippen LogP contribution is 2.32. The summed E-state index contributed by atoms with van der Waals surface area (Å²) in [5.41, 5.74) is 6.62. The molecule has 142 valence electrons. The number of quaternary nitrogens is 1. The van der Waals surface area contributed by atoms with Gasteiger partial charge in [-0.1, -0.05) is 5.57 Å². The minimum absolute atomic E-state index is 0. The highest BCUT2D eigenvalue weighted by molar-refractivity contribution is 7.08. The third kappa shape index (κ3) is 4.98. The summed E-state index contributed by atoms with van der Waals surface area (Å²) < 4.78 is 0. The third-order valence-electron chi connectivity index (χ3n) is 5.08. The lowest BCUT2D eigenvalue weighted by Crippen LogP contribution is -3.13. The van der Waals surface area contributed by atoms with Crippen molar-refractivity contribution in [2.45, 2.75) is 19.3 Å². The van der Waals surface area contributed by atoms with Crippen molar-refractivity contribution in [2.24, 2.45) is 0 Å². The quantitative estimate of drug-likeness (QED) is 0.584. The molecule has 6 heteroatoms. The molecule has 2 nitrogen and oxygen atoms in total. The zero-order valence-electron chi connectivity index (χ0n) is 14.9. The average Bonchev–Trinajstić information content (AvgIpc) is 3.44. The summed E-state index contributed by atoms with van der Waals surface area (Å²) in [7, 11) is 0. The van der Waals surface area contributed by atoms with E-state index in [-0.39, 0.29) is 18.2 Å². The van der Waals surface area contributed by atoms with E-state index in [1.807, 2.05) is 16.8 Å². The van der Waals surface area contributed by atoms with Gasteiger partial charge in [-0.2, -0.15) is 34.0 Å². The van der Waals surface area contributed by atoms with Crippen LogP contribution in [0.3, 0.4) is 0 Å². The lowest BCUT2D eigenvalue weighted by atomic mass is 9.91. The molecule has 0 bridgehead atoms. The molecule has 0 spiro atoms. The number of carbonyl (C=O) groups excluding carboxylic acids is 1. The molecular formula is C21H22ClNOS3. The first-order valence-corrected chi connectivity index (χ1v) is 11.8. The molecule has 1 saturated heterocycles. The summed E-state index contributed by atoms with van der Waals surface area (Å²) in [5.74, 6) is 0.289. The van der Waals surface area contributed by atoms with Crippen molar-refractivity contribution in [2.75, 3.05) is 19.6 Å². The van der Waals surface area contributed by atoms with E-state index in [0.717, 1.165) is 38.0 Å². The van der Waals surface area contributed by atoms with Gasteiger partial charge in [0, 0.05) is 23.8 Å². The first kappa shape index (κ1) is 20.5. The van der Waals surface area contributed by atoms with Gasteiger partial charge in [0.05, 0.1) is 26.1 Å². The van der Waals surface area contributed by atoms with Crippen molar-refractivity contribution in [3.8, 4) is 0 Å². The molecule has 0 aliphatic carbocycles. The first-order valence-electron chi connectivity index (χ1n) is 8.97. The van der Waals surface area contributed by atoms with E-state index in [9.17, 15) is 4.79 Å². The number of likely N-dealkylation sites (tertiary alicyclic amines) is 1. The van der Waals surface area contributed by atoms with E-state index in [4.69, 9.17) is 0 Å². The lowest BCUT2D eigenvalue weighted by molar-refractivity contribution is -0.902. The molecule has 4 heterocycles. The van der Waals surface area contributed by atoms with Crippen LogP contribution >= 0.6 is 34.0 Å². The van der Waals surface area contributed by atoms with Crippen molar-refractivity contribution in [1.82, 2.24) is 0 Å². The zero-order valence-corrected chi connectivity index (χ0v) is 18.2. The van der Waals surface area contributed by atoms with Gasteiger partial charge < -0.3 is 17.3 Å². The van der Waals surface area contributed by atoms with Gasteiger partial charge in [0.25, 0.3) is 0 Å². The number of ketones is 1. The summed E-state index contributed by atoms with van der Waals surface area (Å²) in [6.07, 6.45) is 2.92. The minimum Gasteiger partial charge on any atom is -1.00 e. The number of piperidine rings is 1. The van der Waals surface area contributed by atoms with Crippen molar-refractivity contribution >= 4 is 45.4 Å². The monoisotopic (exact) mass is 435 g/mol. The molecule has 0 saturated carbocycles. The fourth-order valence-electron chi connectivity index (χ4n) is 3.65. The van der Waals surface area contributed by atoms with Crippen molar-refractivity contribution in [1.29, 1.82) is 0 Å². The highest BCUT2D eigenvalue weighted by atomic mass is 35.5. The standard InChI is InChI=1S/C21H21NOS3.ClH/c23-20(17-4-10-24-13-17)3-9-22-7-1-16(2-8-22)21(18-5-11-25-14-18)19-6-12-26-15-19;/h4-6,10-15H,1-3,7-9H2;1H. The van der Waals surface area contributed by atoms with E-state index in [0.29, 0.717) is 6.42 Å². The molecule has 0 unspecified atom stereocenters. The summed E-state index contributed by atoms with van der Waals surface area (Å²) in [6, 6.07) is 6.42. The van der Waals surface area contributed by atoms with Crippen LogP contribution in [0.2, 0.25) is 0 Å². The predicted octanol–water partition coefficient (Wildman–Crippen LogP) is 1.63. The Balaban J connectivity index is 0.00000210. The number of hydrogen-bond donors (Lipinski definition) is 1. The van der Waals surface area contributed by atoms with Crippen LogP contribution in [-0.2, 0) is 0 Å². The number of halogens is 1. The molecule has 4 rings (SSSR count). The normalized spacial score (nSPS) is 16.7. The molecular weight excluding hydrogens is 414 g/mol. The Kier molecular flexibility index (Phi) is 7.44. The summed E-state index contributed by atoms with van der Waals surface area (Å²) in [6.45, 7) is 3.21. The van der Waals surface area contributed by atoms with Gasteiger partial charge in [-0.25, -0.2) is 0 Å². The summed E-state index contributed by atoms with van der Waals surface area (Å²) in [4.78, 5) is 13.8. The zero-order chi connectivity index (χ0) is 17.8. The maximum atomic E-state index is 12.2. The Bertz CT molecular complexity index is 821. The Morgan fingerprint density at radius 2 is 1.37 bits per heavy atom. The van der Waals surface area contributed by atoms with Gasteiger partial charge in [-0.15, -0.1) is 0 Å². The maximum absolute atomic E-state index is 12.2. The fourth-order valence-corrected chi connectivity index (χ4v) is 5.61. The van der Waals surface area contributed by atoms with Crippen molar-refractivity contribution in [3.05, 3.63) is 72.7 Å². The van der Waals surface area contributed by atoms with E-state index < -0.39 is 0 Å². The van der Waals surface area contributed by atoms with Gasteiger partial charge in [-0.3, -0.25) is 4.79 Å². The molecule has 0 aromatic carbocycles. The van der Waals surface area contributed by atoms with Crippen molar-refractivity contribution in [3.63, 3.8) is 0 Å². The van der Waals surface area contributed by atoms with Crippen molar-refractivity contribution < 1.29 is 22.1 Å². The fraction of sp³-hybridized carbons (Fsp3) is 0.286. The molecule has 0 amide bonds. The number of Topliss-reactive ketones (excluding diaryl/α,β-unsaturated/α-hetero) is 1. The molecule has 3 aromatic heterocycles. The van der Waals surface area contributed by atoms with Crippen LogP contribution in [0.4, 0.5) is 0 Å². The summed E-state index contributed by atoms with van der Waals surface area (Å²) in [5, 5.41) is 12.8. The van der Waals surface area contributed by atoms with Crippen LogP contribution in [-0.4, -0.2) is 25.4 Å². The van der Waals surface area contributed by atoms with Gasteiger partial charge in [0.1, 0.15) is 0 Å². The van der Waals surface area contributed by atoms with Crippen LogP contribution in [0.25, 0.3) is 5.57 Å². The number of nitrogens with one attached hydrogen (secondary N) is 1. The SMILES string of the molecule is O=C(CC[NH+]1CCC(=C(c2ccsc2)c2ccsc2)CC1)c1ccsc1.[Cl-]. The minimum atomic E-state index is 0. The highest BCUT2D eigenvalue weighted by Gasteiger charge is 2.22. The van der Waals surface area contributed by atoms with Crippen LogP contribution < -0.4 is 17.3 Å². The molecule has 1 fully saturated rings. The largest absolute Gasteiger partial charge is 1.00 e. The smallest absolute Gasteiger partial charge is 0.169 e. The van der Waals surface area contributed by atoms with Gasteiger partial charge in [0.2, 0.25) is 0 Å². The van der Waals surface area contributed by atoms with E-state index >= 15 is 0 Å². The molecule has 0 atom stereocenters. The number of hydrogen-bond acceptors (Lipinski definition) is 4. The molecule has 27 heavy (non-hydrogen) atoms. The second-order valence-corrected chi connectivity index (χ2v) is 9.03. The van der Waals surface area contributed by atoms with Crippen LogP contribution in [0.5, 0.6) is 0 Å². The summed E-state index contributed by atoms with van der Waals surface area (Å²) >= 11 is 5.13. The van der Waals surface area contributed by atoms with Gasteiger partial charge >= 0.3 is 0 Å². The Hall–Kier alpha value is -1.24. The molecule has 1 aliphatic heterocycles. The third-order valence-corrected chi connectivity index (χ3v) is 7.13. The maximum Gasteiger partial charge on any atom is 0.169 e. The number of carbonyl (C=O) groups is 1. The molecule has 3 aromatic rings. The molecule has 0 radical (unpaired) electrons. The van der Waals surface area contributed by atoms with E-state index in [1.165, 1.54) is 16.7 Å². The lowest BCUT2D eigenvalue weighted by Gasteiger charge is -2.27. The molecule has 1 N–H and O–H groups in total. The van der Waals surface area contributed by atoms with Crippen LogP contribution in [0, 0.1) is 0 Å². The molecule has 1 aliphatic rings. The second-order valence-electron chi connectivity index (χ2n) is 6.69. The first-order chi connectivity index (χ1) is 12.8. The average molecular weight is 436 g/mol. The van der Waals surface area contributed by atoms with E-state index in [1.54, 1.807) is 44.5 Å². The predicted molar refractivity (Wildman–Crippen MR) is 113 cm³/mol. The van der Waals surface area contributed by atoms with Gasteiger partial charge in [-0.05, 0) is 61.8 Å². The number of rotatable bonds is 6.